The summed E-state index contributed by atoms with van der Waals surface area (Å²) in [5.74, 6) is -0.795. The van der Waals surface area contributed by atoms with E-state index in [1.165, 1.54) is 13.2 Å². The van der Waals surface area contributed by atoms with Gasteiger partial charge in [0.1, 0.15) is 0 Å². The predicted molar refractivity (Wildman–Crippen MR) is 86.3 cm³/mol. The van der Waals surface area contributed by atoms with Crippen molar-refractivity contribution in [2.45, 2.75) is 19.3 Å². The van der Waals surface area contributed by atoms with Crippen LogP contribution < -0.4 is 10.2 Å². The molecule has 0 saturated heterocycles. The van der Waals surface area contributed by atoms with Crippen LogP contribution in [-0.2, 0) is 20.7 Å². The molecule has 0 atom stereocenters. The average molecular weight is 316 g/mol. The Labute approximate surface area is 135 Å². The number of carbonyl (C=O) groups excluding carboxylic acids is 3. The predicted octanol–water partition coefficient (Wildman–Crippen LogP) is 1.44. The van der Waals surface area contributed by atoms with Crippen LogP contribution in [0.3, 0.4) is 0 Å². The number of ether oxygens (including phenoxy) is 1. The number of rotatable bonds is 5. The molecule has 0 unspecified atom stereocenters. The van der Waals surface area contributed by atoms with Crippen LogP contribution in [0, 0.1) is 0 Å². The number of hydrogen-bond acceptors (Lipinski definition) is 4. The standard InChI is InChI=1S/C17H20N2O4/c1-3-15(20)19-11-5-7-12-13(6-4-8-14(12)19)17(22)18-10-9-16(21)23-2/h3-4,6,8H,1,5,7,9-11H2,2H3,(H,18,22). The van der Waals surface area contributed by atoms with Gasteiger partial charge in [0, 0.05) is 24.3 Å². The van der Waals surface area contributed by atoms with E-state index < -0.39 is 0 Å². The summed E-state index contributed by atoms with van der Waals surface area (Å²) in [4.78, 5) is 37.0. The molecule has 1 aromatic carbocycles. The van der Waals surface area contributed by atoms with Crippen molar-refractivity contribution in [3.05, 3.63) is 42.0 Å². The third kappa shape index (κ3) is 3.77. The van der Waals surface area contributed by atoms with Gasteiger partial charge in [-0.05, 0) is 36.6 Å². The van der Waals surface area contributed by atoms with E-state index in [0.717, 1.165) is 24.1 Å². The molecule has 1 aliphatic rings. The maximum absolute atomic E-state index is 12.3. The second-order valence-electron chi connectivity index (χ2n) is 5.18. The lowest BCUT2D eigenvalue weighted by Crippen LogP contribution is -2.35. The number of hydrogen-bond donors (Lipinski definition) is 1. The minimum absolute atomic E-state index is 0.123. The van der Waals surface area contributed by atoms with Gasteiger partial charge in [-0.2, -0.15) is 0 Å². The summed E-state index contributed by atoms with van der Waals surface area (Å²) >= 11 is 0. The van der Waals surface area contributed by atoms with Gasteiger partial charge in [-0.1, -0.05) is 12.6 Å². The number of fused-ring (bicyclic) bond motifs is 1. The van der Waals surface area contributed by atoms with Crippen LogP contribution in [-0.4, -0.2) is 38.0 Å². The zero-order valence-corrected chi connectivity index (χ0v) is 13.1. The number of amides is 2. The van der Waals surface area contributed by atoms with E-state index >= 15 is 0 Å². The number of anilines is 1. The summed E-state index contributed by atoms with van der Waals surface area (Å²) in [6, 6.07) is 5.32. The lowest BCUT2D eigenvalue weighted by Gasteiger charge is -2.29. The van der Waals surface area contributed by atoms with Crippen molar-refractivity contribution >= 4 is 23.5 Å². The number of methoxy groups -OCH3 is 1. The fraction of sp³-hybridized carbons (Fsp3) is 0.353. The van der Waals surface area contributed by atoms with Crippen molar-refractivity contribution < 1.29 is 19.1 Å². The zero-order valence-electron chi connectivity index (χ0n) is 13.1. The molecule has 6 heteroatoms. The lowest BCUT2D eigenvalue weighted by atomic mass is 9.95. The van der Waals surface area contributed by atoms with Gasteiger partial charge in [0.15, 0.2) is 0 Å². The molecule has 2 rings (SSSR count). The van der Waals surface area contributed by atoms with E-state index in [-0.39, 0.29) is 30.7 Å². The molecule has 1 aliphatic heterocycles. The van der Waals surface area contributed by atoms with E-state index in [1.54, 1.807) is 17.0 Å². The molecule has 0 saturated carbocycles. The Morgan fingerprint density at radius 3 is 2.87 bits per heavy atom. The summed E-state index contributed by atoms with van der Waals surface area (Å²) in [7, 11) is 1.31. The highest BCUT2D eigenvalue weighted by atomic mass is 16.5. The van der Waals surface area contributed by atoms with Gasteiger partial charge < -0.3 is 15.0 Å². The fourth-order valence-electron chi connectivity index (χ4n) is 2.65. The fourth-order valence-corrected chi connectivity index (χ4v) is 2.65. The van der Waals surface area contributed by atoms with Crippen molar-refractivity contribution in [3.63, 3.8) is 0 Å². The summed E-state index contributed by atoms with van der Waals surface area (Å²) in [5.41, 5.74) is 2.14. The molecule has 1 heterocycles. The largest absolute Gasteiger partial charge is 0.469 e. The summed E-state index contributed by atoms with van der Waals surface area (Å²) in [5, 5.41) is 2.71. The van der Waals surface area contributed by atoms with Crippen molar-refractivity contribution in [3.8, 4) is 0 Å². The molecule has 1 aromatic rings. The Kier molecular flexibility index (Phi) is 5.51. The van der Waals surface area contributed by atoms with E-state index in [0.29, 0.717) is 12.1 Å². The Morgan fingerprint density at radius 1 is 1.39 bits per heavy atom. The van der Waals surface area contributed by atoms with E-state index in [9.17, 15) is 14.4 Å². The van der Waals surface area contributed by atoms with Crippen molar-refractivity contribution in [2.75, 3.05) is 25.1 Å². The molecular weight excluding hydrogens is 296 g/mol. The molecule has 0 spiro atoms. The summed E-state index contributed by atoms with van der Waals surface area (Å²) in [6.45, 7) is 4.35. The molecule has 0 bridgehead atoms. The quantitative estimate of drug-likeness (QED) is 0.659. The third-order valence-electron chi connectivity index (χ3n) is 3.78. The van der Waals surface area contributed by atoms with Crippen LogP contribution in [0.15, 0.2) is 30.9 Å². The SMILES string of the molecule is C=CC(=O)N1CCCc2c(C(=O)NCCC(=O)OC)cccc21. The monoisotopic (exact) mass is 316 g/mol. The van der Waals surface area contributed by atoms with Crippen LogP contribution in [0.4, 0.5) is 5.69 Å². The van der Waals surface area contributed by atoms with Crippen LogP contribution in [0.5, 0.6) is 0 Å². The minimum Gasteiger partial charge on any atom is -0.469 e. The maximum Gasteiger partial charge on any atom is 0.307 e. The number of esters is 1. The first kappa shape index (κ1) is 16.7. The number of benzene rings is 1. The van der Waals surface area contributed by atoms with Crippen molar-refractivity contribution in [1.29, 1.82) is 0 Å². The van der Waals surface area contributed by atoms with E-state index in [4.69, 9.17) is 0 Å². The normalized spacial score (nSPS) is 13.0. The molecule has 0 radical (unpaired) electrons. The van der Waals surface area contributed by atoms with Crippen LogP contribution in [0.25, 0.3) is 0 Å². The minimum atomic E-state index is -0.372. The molecule has 2 amide bonds. The van der Waals surface area contributed by atoms with Crippen molar-refractivity contribution in [2.24, 2.45) is 0 Å². The first-order valence-corrected chi connectivity index (χ1v) is 7.49. The Hall–Kier alpha value is -2.63. The van der Waals surface area contributed by atoms with Crippen molar-refractivity contribution in [1.82, 2.24) is 5.32 Å². The van der Waals surface area contributed by atoms with Gasteiger partial charge in [0.05, 0.1) is 13.5 Å². The molecule has 23 heavy (non-hydrogen) atoms. The lowest BCUT2D eigenvalue weighted by molar-refractivity contribution is -0.140. The number of nitrogens with one attached hydrogen (secondary N) is 1. The average Bonchev–Trinajstić information content (AvgIpc) is 2.59. The third-order valence-corrected chi connectivity index (χ3v) is 3.78. The highest BCUT2D eigenvalue weighted by molar-refractivity contribution is 6.04. The Morgan fingerprint density at radius 2 is 2.17 bits per heavy atom. The maximum atomic E-state index is 12.3. The highest BCUT2D eigenvalue weighted by Crippen LogP contribution is 2.30. The summed E-state index contributed by atoms with van der Waals surface area (Å²) in [6.07, 6.45) is 2.92. The second-order valence-corrected chi connectivity index (χ2v) is 5.18. The number of nitrogens with zero attached hydrogens (tertiary/aromatic N) is 1. The van der Waals surface area contributed by atoms with Gasteiger partial charge in [-0.25, -0.2) is 0 Å². The van der Waals surface area contributed by atoms with Gasteiger partial charge in [0.2, 0.25) is 5.91 Å². The molecule has 6 nitrogen and oxygen atoms in total. The smallest absolute Gasteiger partial charge is 0.307 e. The molecule has 1 N–H and O–H groups in total. The molecule has 122 valence electrons. The van der Waals surface area contributed by atoms with E-state index in [1.807, 2.05) is 6.07 Å². The Balaban J connectivity index is 2.17. The zero-order chi connectivity index (χ0) is 16.8. The molecule has 0 fully saturated rings. The molecular formula is C17H20N2O4. The van der Waals surface area contributed by atoms with Crippen LogP contribution in [0.2, 0.25) is 0 Å². The summed E-state index contributed by atoms with van der Waals surface area (Å²) < 4.78 is 4.54. The number of carbonyl (C=O) groups is 3. The highest BCUT2D eigenvalue weighted by Gasteiger charge is 2.24. The van der Waals surface area contributed by atoms with Crippen LogP contribution in [0.1, 0.15) is 28.8 Å². The van der Waals surface area contributed by atoms with Gasteiger partial charge in [-0.15, -0.1) is 0 Å². The van der Waals surface area contributed by atoms with Crippen LogP contribution >= 0.6 is 0 Å². The first-order chi connectivity index (χ1) is 11.1. The molecule has 0 aliphatic carbocycles. The molecule has 0 aromatic heterocycles. The topological polar surface area (TPSA) is 75.7 Å². The second kappa shape index (κ2) is 7.58. The van der Waals surface area contributed by atoms with Gasteiger partial charge in [-0.3, -0.25) is 14.4 Å². The Bertz CT molecular complexity index is 639. The van der Waals surface area contributed by atoms with E-state index in [2.05, 4.69) is 16.6 Å². The van der Waals surface area contributed by atoms with Gasteiger partial charge >= 0.3 is 5.97 Å². The first-order valence-electron chi connectivity index (χ1n) is 7.49. The van der Waals surface area contributed by atoms with Gasteiger partial charge in [0.25, 0.3) is 5.91 Å².